The van der Waals surface area contributed by atoms with Gasteiger partial charge in [0.1, 0.15) is 30.5 Å². The lowest BCUT2D eigenvalue weighted by molar-refractivity contribution is -0.141. The topological polar surface area (TPSA) is 59.0 Å². The van der Waals surface area contributed by atoms with Gasteiger partial charge in [-0.25, -0.2) is 4.39 Å². The largest absolute Gasteiger partial charge is 0.489 e. The van der Waals surface area contributed by atoms with Gasteiger partial charge in [-0.1, -0.05) is 17.7 Å². The van der Waals surface area contributed by atoms with Crippen molar-refractivity contribution in [2.24, 2.45) is 5.92 Å². The molecule has 1 N–H and O–H groups in total. The van der Waals surface area contributed by atoms with Crippen LogP contribution in [0.2, 0.25) is 0 Å². The standard InChI is InChI=1S/C24H23F4NO4/c1-14-2-3-17(20(6-14)24(26,27)28)13-32-18-8-21(25)19-7-15(12-33-22(19)9-18)10-29-5-4-16(11-29)23(30)31/h2-3,6-9,16H,4-5,10-13H2,1H3,(H,30,31). The molecule has 2 heterocycles. The van der Waals surface area contributed by atoms with Gasteiger partial charge in [0.2, 0.25) is 0 Å². The average Bonchev–Trinajstić information content (AvgIpc) is 3.21. The maximum Gasteiger partial charge on any atom is 0.416 e. The van der Waals surface area contributed by atoms with E-state index in [1.54, 1.807) is 19.1 Å². The number of benzene rings is 2. The zero-order valence-corrected chi connectivity index (χ0v) is 17.9. The predicted molar refractivity (Wildman–Crippen MR) is 113 cm³/mol. The third kappa shape index (κ3) is 5.30. The van der Waals surface area contributed by atoms with E-state index in [2.05, 4.69) is 0 Å². The van der Waals surface area contributed by atoms with E-state index >= 15 is 0 Å². The van der Waals surface area contributed by atoms with Crippen molar-refractivity contribution in [3.05, 3.63) is 64.0 Å². The van der Waals surface area contributed by atoms with Gasteiger partial charge in [0.25, 0.3) is 0 Å². The first kappa shape index (κ1) is 23.1. The zero-order chi connectivity index (χ0) is 23.8. The number of hydrogen-bond donors (Lipinski definition) is 1. The van der Waals surface area contributed by atoms with Crippen LogP contribution in [0.15, 0.2) is 35.9 Å². The smallest absolute Gasteiger partial charge is 0.416 e. The van der Waals surface area contributed by atoms with Gasteiger partial charge in [0, 0.05) is 30.8 Å². The Hall–Kier alpha value is -3.07. The molecule has 0 radical (unpaired) electrons. The van der Waals surface area contributed by atoms with E-state index < -0.39 is 29.4 Å². The van der Waals surface area contributed by atoms with E-state index in [0.717, 1.165) is 17.7 Å². The Kier molecular flexibility index (Phi) is 6.34. The van der Waals surface area contributed by atoms with Crippen molar-refractivity contribution >= 4 is 12.0 Å². The van der Waals surface area contributed by atoms with Crippen LogP contribution in [0.1, 0.15) is 28.7 Å². The van der Waals surface area contributed by atoms with Gasteiger partial charge in [-0.15, -0.1) is 0 Å². The summed E-state index contributed by atoms with van der Waals surface area (Å²) in [5.41, 5.74) is 0.713. The number of ether oxygens (including phenoxy) is 2. The van der Waals surface area contributed by atoms with Gasteiger partial charge in [0.15, 0.2) is 0 Å². The Morgan fingerprint density at radius 2 is 2.06 bits per heavy atom. The van der Waals surface area contributed by atoms with Crippen molar-refractivity contribution in [1.82, 2.24) is 4.90 Å². The number of alkyl halides is 3. The van der Waals surface area contributed by atoms with E-state index in [1.165, 1.54) is 12.1 Å². The number of carbonyl (C=O) groups is 1. The number of rotatable bonds is 6. The fraction of sp³-hybridized carbons (Fsp3) is 0.375. The molecule has 9 heteroatoms. The van der Waals surface area contributed by atoms with Crippen molar-refractivity contribution in [3.63, 3.8) is 0 Å². The van der Waals surface area contributed by atoms with Gasteiger partial charge < -0.3 is 14.6 Å². The first-order valence-electron chi connectivity index (χ1n) is 10.5. The number of aryl methyl sites for hydroxylation is 1. The highest BCUT2D eigenvalue weighted by Crippen LogP contribution is 2.36. The second kappa shape index (κ2) is 9.05. The van der Waals surface area contributed by atoms with Gasteiger partial charge >= 0.3 is 12.1 Å². The summed E-state index contributed by atoms with van der Waals surface area (Å²) in [6.07, 6.45) is -2.27. The maximum absolute atomic E-state index is 14.8. The second-order valence-electron chi connectivity index (χ2n) is 8.41. The lowest BCUT2D eigenvalue weighted by Crippen LogP contribution is -2.27. The van der Waals surface area contributed by atoms with Gasteiger partial charge in [-0.05, 0) is 37.6 Å². The zero-order valence-electron chi connectivity index (χ0n) is 17.9. The van der Waals surface area contributed by atoms with Crippen molar-refractivity contribution in [2.75, 3.05) is 26.2 Å². The summed E-state index contributed by atoms with van der Waals surface area (Å²) in [5, 5.41) is 9.13. The second-order valence-corrected chi connectivity index (χ2v) is 8.41. The SMILES string of the molecule is Cc1ccc(COc2cc(F)c3c(c2)OCC(CN2CCC(C(=O)O)C2)=C3)c(C(F)(F)F)c1. The lowest BCUT2D eigenvalue weighted by atomic mass is 10.0. The van der Waals surface area contributed by atoms with Gasteiger partial charge in [-0.2, -0.15) is 13.2 Å². The van der Waals surface area contributed by atoms with Crippen LogP contribution in [0.4, 0.5) is 17.6 Å². The molecule has 0 aromatic heterocycles. The van der Waals surface area contributed by atoms with Gasteiger partial charge in [-0.3, -0.25) is 9.69 Å². The number of aliphatic carboxylic acids is 1. The monoisotopic (exact) mass is 465 g/mol. The molecule has 176 valence electrons. The maximum atomic E-state index is 14.8. The lowest BCUT2D eigenvalue weighted by Gasteiger charge is -2.23. The third-order valence-electron chi connectivity index (χ3n) is 5.84. The third-order valence-corrected chi connectivity index (χ3v) is 5.84. The predicted octanol–water partition coefficient (Wildman–Crippen LogP) is 4.91. The van der Waals surface area contributed by atoms with Crippen molar-refractivity contribution in [3.8, 4) is 11.5 Å². The summed E-state index contributed by atoms with van der Waals surface area (Å²) in [6, 6.07) is 6.56. The van der Waals surface area contributed by atoms with Crippen LogP contribution in [0, 0.1) is 18.7 Å². The molecule has 5 nitrogen and oxygen atoms in total. The Labute approximate surface area is 188 Å². The molecular weight excluding hydrogens is 442 g/mol. The molecule has 4 rings (SSSR count). The molecule has 0 spiro atoms. The summed E-state index contributed by atoms with van der Waals surface area (Å²) < 4.78 is 65.8. The Balaban J connectivity index is 1.46. The highest BCUT2D eigenvalue weighted by molar-refractivity contribution is 5.70. The summed E-state index contributed by atoms with van der Waals surface area (Å²) in [4.78, 5) is 13.1. The molecule has 2 aliphatic rings. The fourth-order valence-electron chi connectivity index (χ4n) is 4.13. The molecule has 0 bridgehead atoms. The van der Waals surface area contributed by atoms with E-state index in [9.17, 15) is 22.4 Å². The molecule has 0 saturated carbocycles. The number of carboxylic acids is 1. The van der Waals surface area contributed by atoms with Crippen molar-refractivity contribution < 1.29 is 36.9 Å². The summed E-state index contributed by atoms with van der Waals surface area (Å²) in [5.74, 6) is -1.50. The van der Waals surface area contributed by atoms with Crippen molar-refractivity contribution in [1.29, 1.82) is 0 Å². The minimum absolute atomic E-state index is 0.0420. The Morgan fingerprint density at radius 1 is 1.27 bits per heavy atom. The Bertz CT molecular complexity index is 1100. The highest BCUT2D eigenvalue weighted by atomic mass is 19.4. The summed E-state index contributed by atoms with van der Waals surface area (Å²) in [6.45, 7) is 2.98. The van der Waals surface area contributed by atoms with E-state index in [4.69, 9.17) is 14.6 Å². The minimum atomic E-state index is -4.52. The molecule has 1 saturated heterocycles. The molecule has 2 aromatic carbocycles. The normalized spacial score (nSPS) is 18.5. The van der Waals surface area contributed by atoms with Crippen LogP contribution >= 0.6 is 0 Å². The first-order valence-corrected chi connectivity index (χ1v) is 10.5. The fourth-order valence-corrected chi connectivity index (χ4v) is 4.13. The molecule has 1 atom stereocenters. The number of nitrogens with zero attached hydrogens (tertiary/aromatic N) is 1. The molecule has 1 fully saturated rings. The summed E-state index contributed by atoms with van der Waals surface area (Å²) in [7, 11) is 0. The number of halogens is 4. The average molecular weight is 465 g/mol. The Morgan fingerprint density at radius 3 is 2.76 bits per heavy atom. The van der Waals surface area contributed by atoms with Crippen LogP contribution in [0.25, 0.3) is 6.08 Å². The molecule has 1 unspecified atom stereocenters. The first-order chi connectivity index (χ1) is 15.6. The van der Waals surface area contributed by atoms with E-state index in [-0.39, 0.29) is 35.8 Å². The summed E-state index contributed by atoms with van der Waals surface area (Å²) >= 11 is 0. The minimum Gasteiger partial charge on any atom is -0.489 e. The molecule has 0 aliphatic carbocycles. The number of likely N-dealkylation sites (tertiary alicyclic amines) is 1. The van der Waals surface area contributed by atoms with Crippen molar-refractivity contribution in [2.45, 2.75) is 26.1 Å². The van der Waals surface area contributed by atoms with Crippen LogP contribution < -0.4 is 9.47 Å². The van der Waals surface area contributed by atoms with E-state index in [0.29, 0.717) is 31.6 Å². The highest BCUT2D eigenvalue weighted by Gasteiger charge is 2.33. The number of fused-ring (bicyclic) bond motifs is 1. The van der Waals surface area contributed by atoms with Crippen LogP contribution in [0.3, 0.4) is 0 Å². The molecule has 2 aromatic rings. The van der Waals surface area contributed by atoms with E-state index in [1.807, 2.05) is 4.90 Å². The quantitative estimate of drug-likeness (QED) is 0.614. The molecule has 0 amide bonds. The number of hydrogen-bond acceptors (Lipinski definition) is 4. The molecule has 2 aliphatic heterocycles. The van der Waals surface area contributed by atoms with Crippen LogP contribution in [0.5, 0.6) is 11.5 Å². The molecule has 33 heavy (non-hydrogen) atoms. The number of carboxylic acid groups (broad SMARTS) is 1. The van der Waals surface area contributed by atoms with Crippen LogP contribution in [-0.2, 0) is 17.6 Å². The van der Waals surface area contributed by atoms with Gasteiger partial charge in [0.05, 0.1) is 17.0 Å². The van der Waals surface area contributed by atoms with Crippen LogP contribution in [-0.4, -0.2) is 42.2 Å². The molecular formula is C24H23F4NO4.